The molecule has 0 saturated carbocycles. The van der Waals surface area contributed by atoms with Gasteiger partial charge in [-0.25, -0.2) is 4.79 Å². The van der Waals surface area contributed by atoms with E-state index in [-0.39, 0.29) is 48.1 Å². The van der Waals surface area contributed by atoms with Crippen LogP contribution in [0.1, 0.15) is 86.5 Å². The SMILES string of the molecule is CO[C@H]([C@H](C)/C=C/N(C)C=O)[C@@H](C)C(O)CC[C@@H](C)[C@H](O)[C@H](C)C1OC(=O)/C=C\C(C)=C/C[C@H](O)C[C@@H]2C=CC[C@@H](C[C@H](OC)C3(CO3)[C@@H](OC)C[C@@H](OC)[C@@H]1C)O2. The van der Waals surface area contributed by atoms with Gasteiger partial charge in [-0.15, -0.1) is 0 Å². The van der Waals surface area contributed by atoms with Gasteiger partial charge in [0.1, 0.15) is 11.7 Å². The number of aliphatic hydroxyl groups is 3. The minimum absolute atomic E-state index is 0.0676. The Kier molecular flexibility index (Phi) is 20.7. The van der Waals surface area contributed by atoms with Crippen molar-refractivity contribution >= 4 is 12.4 Å². The fraction of sp³-hybridized carbons (Fsp3) is 0.778. The second-order valence-electron chi connectivity index (χ2n) is 17.1. The molecule has 3 heterocycles. The first-order chi connectivity index (χ1) is 27.5. The van der Waals surface area contributed by atoms with Crippen LogP contribution in [0, 0.1) is 29.6 Å². The fourth-order valence-corrected chi connectivity index (χ4v) is 8.80. The third kappa shape index (κ3) is 14.1. The van der Waals surface area contributed by atoms with Gasteiger partial charge in [0.25, 0.3) is 0 Å². The van der Waals surface area contributed by atoms with Crippen molar-refractivity contribution in [3.63, 3.8) is 0 Å². The summed E-state index contributed by atoms with van der Waals surface area (Å²) in [6.07, 6.45) is 11.9. The zero-order valence-electron chi connectivity index (χ0n) is 36.9. The van der Waals surface area contributed by atoms with Gasteiger partial charge >= 0.3 is 5.97 Å². The summed E-state index contributed by atoms with van der Waals surface area (Å²) in [7, 11) is 8.21. The maximum Gasteiger partial charge on any atom is 0.331 e. The van der Waals surface area contributed by atoms with Crippen LogP contribution in [-0.4, -0.2) is 141 Å². The summed E-state index contributed by atoms with van der Waals surface area (Å²) in [5.74, 6) is -2.02. The summed E-state index contributed by atoms with van der Waals surface area (Å²) in [6, 6.07) is 0. The number of amides is 1. The number of aliphatic hydroxyl groups excluding tert-OH is 3. The quantitative estimate of drug-likeness (QED) is 0.0812. The van der Waals surface area contributed by atoms with Crippen molar-refractivity contribution < 1.29 is 58.1 Å². The highest BCUT2D eigenvalue weighted by atomic mass is 16.6. The summed E-state index contributed by atoms with van der Waals surface area (Å²) in [5.41, 5.74) is 0.0593. The molecule has 0 aromatic heterocycles. The average molecular weight is 822 g/mol. The van der Waals surface area contributed by atoms with Crippen molar-refractivity contribution in [1.82, 2.24) is 4.90 Å². The van der Waals surface area contributed by atoms with Gasteiger partial charge in [0.15, 0.2) is 0 Å². The van der Waals surface area contributed by atoms with E-state index in [1.807, 2.05) is 59.8 Å². The molecular weight excluding hydrogens is 746 g/mol. The number of rotatable bonds is 16. The molecule has 3 rings (SSSR count). The Bertz CT molecular complexity index is 1360. The van der Waals surface area contributed by atoms with Crippen LogP contribution in [0.15, 0.2) is 48.2 Å². The summed E-state index contributed by atoms with van der Waals surface area (Å²) >= 11 is 0. The van der Waals surface area contributed by atoms with Gasteiger partial charge in [-0.3, -0.25) is 4.79 Å². The fourth-order valence-electron chi connectivity index (χ4n) is 8.80. The van der Waals surface area contributed by atoms with Gasteiger partial charge in [-0.1, -0.05) is 70.6 Å². The molecule has 58 heavy (non-hydrogen) atoms. The lowest BCUT2D eigenvalue weighted by atomic mass is 9.78. The lowest BCUT2D eigenvalue weighted by Crippen LogP contribution is -2.50. The van der Waals surface area contributed by atoms with Crippen LogP contribution in [0.25, 0.3) is 0 Å². The monoisotopic (exact) mass is 822 g/mol. The molecule has 3 unspecified atom stereocenters. The molecule has 1 fully saturated rings. The van der Waals surface area contributed by atoms with Gasteiger partial charge in [-0.2, -0.15) is 0 Å². The number of allylic oxidation sites excluding steroid dienone is 2. The number of ether oxygens (including phenoxy) is 7. The number of hydrogen-bond acceptors (Lipinski definition) is 12. The largest absolute Gasteiger partial charge is 0.458 e. The molecule has 0 aromatic rings. The number of esters is 1. The number of nitrogens with zero attached hydrogens (tertiary/aromatic N) is 1. The van der Waals surface area contributed by atoms with E-state index in [0.29, 0.717) is 45.1 Å². The molecule has 1 spiro atoms. The third-order valence-corrected chi connectivity index (χ3v) is 12.8. The van der Waals surface area contributed by atoms with Gasteiger partial charge in [-0.05, 0) is 38.5 Å². The van der Waals surface area contributed by atoms with E-state index in [1.54, 1.807) is 47.8 Å². The molecule has 3 aliphatic heterocycles. The minimum Gasteiger partial charge on any atom is -0.458 e. The number of fused-ring (bicyclic) bond motifs is 2. The van der Waals surface area contributed by atoms with Crippen LogP contribution in [0.2, 0.25) is 0 Å². The molecule has 3 N–H and O–H groups in total. The number of cyclic esters (lactones) is 1. The second kappa shape index (κ2) is 24.1. The van der Waals surface area contributed by atoms with Crippen molar-refractivity contribution in [3.05, 3.63) is 48.2 Å². The second-order valence-corrected chi connectivity index (χ2v) is 17.1. The molecule has 13 nitrogen and oxygen atoms in total. The van der Waals surface area contributed by atoms with Crippen molar-refractivity contribution in [2.75, 3.05) is 42.1 Å². The highest BCUT2D eigenvalue weighted by molar-refractivity contribution is 5.82. The number of epoxide rings is 1. The molecular formula is C45H75NO12. The maximum atomic E-state index is 13.5. The van der Waals surface area contributed by atoms with Crippen LogP contribution in [-0.2, 0) is 42.7 Å². The summed E-state index contributed by atoms with van der Waals surface area (Å²) in [6.45, 7) is 12.0. The van der Waals surface area contributed by atoms with E-state index in [9.17, 15) is 24.9 Å². The van der Waals surface area contributed by atoms with E-state index in [2.05, 4.69) is 6.08 Å². The zero-order valence-corrected chi connectivity index (χ0v) is 36.9. The van der Waals surface area contributed by atoms with Crippen molar-refractivity contribution in [2.45, 2.75) is 153 Å². The van der Waals surface area contributed by atoms with E-state index in [1.165, 1.54) is 11.0 Å². The predicted molar refractivity (Wildman–Crippen MR) is 222 cm³/mol. The average Bonchev–Trinajstić information content (AvgIpc) is 4.02. The predicted octanol–water partition coefficient (Wildman–Crippen LogP) is 5.16. The van der Waals surface area contributed by atoms with Crippen LogP contribution in [0.4, 0.5) is 0 Å². The van der Waals surface area contributed by atoms with Crippen LogP contribution in [0.3, 0.4) is 0 Å². The Morgan fingerprint density at radius 2 is 1.66 bits per heavy atom. The molecule has 16 atom stereocenters. The van der Waals surface area contributed by atoms with E-state index >= 15 is 0 Å². The number of methoxy groups -OCH3 is 4. The molecule has 1 amide bonds. The molecule has 13 heteroatoms. The zero-order chi connectivity index (χ0) is 43.2. The Morgan fingerprint density at radius 3 is 2.26 bits per heavy atom. The topological polar surface area (TPSA) is 166 Å². The smallest absolute Gasteiger partial charge is 0.331 e. The van der Waals surface area contributed by atoms with Gasteiger partial charge in [0.2, 0.25) is 6.41 Å². The highest BCUT2D eigenvalue weighted by Gasteiger charge is 2.59. The van der Waals surface area contributed by atoms with E-state index < -0.39 is 54.1 Å². The van der Waals surface area contributed by atoms with Gasteiger partial charge < -0.3 is 53.4 Å². The highest BCUT2D eigenvalue weighted by Crippen LogP contribution is 2.43. The molecule has 0 aromatic carbocycles. The Morgan fingerprint density at radius 1 is 0.983 bits per heavy atom. The molecule has 2 bridgehead atoms. The molecule has 332 valence electrons. The first kappa shape index (κ1) is 49.9. The Labute approximate surface area is 347 Å². The lowest BCUT2D eigenvalue weighted by molar-refractivity contribution is -0.159. The van der Waals surface area contributed by atoms with Crippen LogP contribution in [0.5, 0.6) is 0 Å². The first-order valence-corrected chi connectivity index (χ1v) is 21.1. The van der Waals surface area contributed by atoms with Crippen molar-refractivity contribution in [3.8, 4) is 0 Å². The Hall–Kier alpha value is -2.46. The molecule has 0 aliphatic carbocycles. The summed E-state index contributed by atoms with van der Waals surface area (Å²) in [4.78, 5) is 26.0. The molecule has 3 aliphatic rings. The third-order valence-electron chi connectivity index (χ3n) is 12.8. The standard InChI is InChI=1S/C45H75NO12/c1-28-15-18-34(48)23-35-13-12-14-36(57-35)24-39(53-9)45(26-56-45)40(54-10)25-38(52-8)32(5)44(58-41(50)20-16-28)33(6)42(51)29(2)17-19-37(49)31(4)43(55-11)30(3)21-22-46(7)27-47/h12-13,15-16,20-22,27,29-40,42-44,48-49,51H,14,17-19,23-26H2,1-11H3/b20-16-,22-21+,28-15-/t29-,30-,31+,32+,33+,34+,35+,36+,37?,38-,39+,40+,42+,43-,44?,45?/m1/s1. The van der Waals surface area contributed by atoms with Crippen molar-refractivity contribution in [2.24, 2.45) is 29.6 Å². The van der Waals surface area contributed by atoms with E-state index in [0.717, 1.165) is 18.4 Å². The van der Waals surface area contributed by atoms with Crippen LogP contribution >= 0.6 is 0 Å². The first-order valence-electron chi connectivity index (χ1n) is 21.1. The van der Waals surface area contributed by atoms with Gasteiger partial charge in [0, 0.05) is 90.7 Å². The van der Waals surface area contributed by atoms with Gasteiger partial charge in [0.05, 0.1) is 61.5 Å². The van der Waals surface area contributed by atoms with E-state index in [4.69, 9.17) is 33.2 Å². The summed E-state index contributed by atoms with van der Waals surface area (Å²) in [5, 5.41) is 34.0. The normalized spacial score (nSPS) is 35.4. The lowest BCUT2D eigenvalue weighted by Gasteiger charge is -2.39. The summed E-state index contributed by atoms with van der Waals surface area (Å²) < 4.78 is 43.0. The molecule has 0 radical (unpaired) electrons. The maximum absolute atomic E-state index is 13.5. The van der Waals surface area contributed by atoms with Crippen LogP contribution < -0.4 is 0 Å². The van der Waals surface area contributed by atoms with Crippen molar-refractivity contribution in [1.29, 1.82) is 0 Å². The Balaban J connectivity index is 1.86. The number of hydrogen-bond donors (Lipinski definition) is 3. The molecule has 1 saturated heterocycles. The number of carbonyl (C=O) groups excluding carboxylic acids is 2. The minimum atomic E-state index is -0.889. The number of carbonyl (C=O) groups is 2.